The number of para-hydroxylation sites is 1. The molecule has 6 aromatic rings. The zero-order valence-electron chi connectivity index (χ0n) is 20.4. The molecule has 7 rings (SSSR count). The van der Waals surface area contributed by atoms with E-state index in [1.807, 2.05) is 67.6 Å². The number of rotatable bonds is 4. The van der Waals surface area contributed by atoms with Gasteiger partial charge in [-0.3, -0.25) is 4.98 Å². The SMILES string of the molecule is COc1ccccc1C1c2c(C)nn(-c3ccc(Cl)cc3)c2Oc2ncn3nc(-c4cccnc4)nc3c21. The minimum atomic E-state index is -0.326. The molecule has 1 atom stereocenters. The van der Waals surface area contributed by atoms with Gasteiger partial charge in [0.1, 0.15) is 12.1 Å². The summed E-state index contributed by atoms with van der Waals surface area (Å²) in [7, 11) is 1.67. The normalized spacial score (nSPS) is 14.1. The van der Waals surface area contributed by atoms with E-state index in [4.69, 9.17) is 31.2 Å². The van der Waals surface area contributed by atoms with E-state index in [1.54, 1.807) is 35.0 Å². The molecule has 0 amide bonds. The molecule has 1 aliphatic rings. The van der Waals surface area contributed by atoms with Gasteiger partial charge in [0, 0.05) is 28.5 Å². The zero-order chi connectivity index (χ0) is 25.8. The molecule has 0 fully saturated rings. The number of methoxy groups -OCH3 is 1. The Morgan fingerprint density at radius 3 is 2.61 bits per heavy atom. The fourth-order valence-electron chi connectivity index (χ4n) is 4.97. The third-order valence-corrected chi connectivity index (χ3v) is 6.91. The zero-order valence-corrected chi connectivity index (χ0v) is 21.2. The molecule has 5 heterocycles. The molecule has 0 spiro atoms. The summed E-state index contributed by atoms with van der Waals surface area (Å²) in [4.78, 5) is 13.8. The summed E-state index contributed by atoms with van der Waals surface area (Å²) >= 11 is 6.15. The quantitative estimate of drug-likeness (QED) is 0.296. The van der Waals surface area contributed by atoms with Gasteiger partial charge in [0.25, 0.3) is 0 Å². The van der Waals surface area contributed by atoms with Crippen molar-refractivity contribution in [3.8, 4) is 34.6 Å². The molecule has 0 saturated carbocycles. The van der Waals surface area contributed by atoms with Crippen LogP contribution in [-0.4, -0.2) is 41.5 Å². The molecule has 0 bridgehead atoms. The van der Waals surface area contributed by atoms with E-state index in [2.05, 4.69) is 15.1 Å². The van der Waals surface area contributed by atoms with Gasteiger partial charge in [-0.2, -0.15) is 5.10 Å². The van der Waals surface area contributed by atoms with E-state index < -0.39 is 0 Å². The number of hydrogen-bond donors (Lipinski definition) is 0. The molecule has 4 aromatic heterocycles. The molecule has 9 nitrogen and oxygen atoms in total. The predicted molar refractivity (Wildman–Crippen MR) is 141 cm³/mol. The Balaban J connectivity index is 1.51. The standard InChI is InChI=1S/C28H20ClN7O2/c1-16-22-23(20-7-3-4-8-21(20)37-2)24-26-32-25(17-6-5-13-30-14-17)34-35(26)15-31-27(24)38-28(22)36(33-16)19-11-9-18(29)10-12-19/h3-15,23H,1-2H3. The number of hydrogen-bond acceptors (Lipinski definition) is 7. The predicted octanol–water partition coefficient (Wildman–Crippen LogP) is 5.63. The molecule has 0 radical (unpaired) electrons. The number of halogens is 1. The summed E-state index contributed by atoms with van der Waals surface area (Å²) in [6.07, 6.45) is 5.07. The number of fused-ring (bicyclic) bond motifs is 4. The van der Waals surface area contributed by atoms with E-state index in [0.717, 1.165) is 39.4 Å². The molecule has 0 N–H and O–H groups in total. The molecular weight excluding hydrogens is 502 g/mol. The fraction of sp³-hybridized carbons (Fsp3) is 0.107. The van der Waals surface area contributed by atoms with Crippen molar-refractivity contribution in [2.45, 2.75) is 12.8 Å². The van der Waals surface area contributed by atoms with Crippen molar-refractivity contribution in [2.75, 3.05) is 7.11 Å². The van der Waals surface area contributed by atoms with Gasteiger partial charge in [0.15, 0.2) is 11.5 Å². The van der Waals surface area contributed by atoms with Gasteiger partial charge in [-0.1, -0.05) is 29.8 Å². The summed E-state index contributed by atoms with van der Waals surface area (Å²) in [5.74, 6) is 1.97. The lowest BCUT2D eigenvalue weighted by Gasteiger charge is -2.27. The largest absolute Gasteiger partial charge is 0.496 e. The number of aromatic nitrogens is 7. The lowest BCUT2D eigenvalue weighted by atomic mass is 9.84. The Morgan fingerprint density at radius 1 is 0.974 bits per heavy atom. The average molecular weight is 522 g/mol. The summed E-state index contributed by atoms with van der Waals surface area (Å²) in [5.41, 5.74) is 5.70. The van der Waals surface area contributed by atoms with Crippen LogP contribution in [0.1, 0.15) is 28.3 Å². The van der Waals surface area contributed by atoms with Crippen LogP contribution < -0.4 is 9.47 Å². The second-order valence-corrected chi connectivity index (χ2v) is 9.31. The van der Waals surface area contributed by atoms with Crippen molar-refractivity contribution in [1.82, 2.24) is 34.3 Å². The van der Waals surface area contributed by atoms with E-state index in [9.17, 15) is 0 Å². The average Bonchev–Trinajstić information content (AvgIpc) is 3.54. The van der Waals surface area contributed by atoms with Crippen molar-refractivity contribution in [3.05, 3.63) is 107 Å². The van der Waals surface area contributed by atoms with E-state index in [-0.39, 0.29) is 5.92 Å². The maximum atomic E-state index is 6.48. The van der Waals surface area contributed by atoms with Gasteiger partial charge >= 0.3 is 0 Å². The first-order chi connectivity index (χ1) is 18.6. The lowest BCUT2D eigenvalue weighted by Crippen LogP contribution is -2.16. The van der Waals surface area contributed by atoms with Crippen LogP contribution in [0, 0.1) is 6.92 Å². The van der Waals surface area contributed by atoms with Crippen LogP contribution >= 0.6 is 11.6 Å². The Hall–Kier alpha value is -4.76. The van der Waals surface area contributed by atoms with Gasteiger partial charge < -0.3 is 9.47 Å². The molecule has 1 aliphatic heterocycles. The van der Waals surface area contributed by atoms with Crippen molar-refractivity contribution in [3.63, 3.8) is 0 Å². The van der Waals surface area contributed by atoms with Crippen LogP contribution in [0.4, 0.5) is 0 Å². The Bertz CT molecular complexity index is 1810. The first kappa shape index (κ1) is 22.4. The second kappa shape index (κ2) is 8.67. The highest BCUT2D eigenvalue weighted by Crippen LogP contribution is 2.51. The van der Waals surface area contributed by atoms with Gasteiger partial charge in [-0.05, 0) is 49.4 Å². The van der Waals surface area contributed by atoms with Crippen molar-refractivity contribution in [2.24, 2.45) is 0 Å². The lowest BCUT2D eigenvalue weighted by molar-refractivity contribution is 0.393. The highest BCUT2D eigenvalue weighted by Gasteiger charge is 2.39. The second-order valence-electron chi connectivity index (χ2n) is 8.88. The summed E-state index contributed by atoms with van der Waals surface area (Å²) in [6.45, 7) is 1.97. The maximum absolute atomic E-state index is 6.48. The van der Waals surface area contributed by atoms with Crippen LogP contribution in [0.25, 0.3) is 22.7 Å². The Kier molecular flexibility index (Phi) is 5.12. The van der Waals surface area contributed by atoms with Gasteiger partial charge in [0.2, 0.25) is 11.8 Å². The molecule has 10 heteroatoms. The minimum Gasteiger partial charge on any atom is -0.496 e. The van der Waals surface area contributed by atoms with Crippen molar-refractivity contribution in [1.29, 1.82) is 0 Å². The Labute approximate surface area is 222 Å². The maximum Gasteiger partial charge on any atom is 0.230 e. The molecule has 0 saturated heterocycles. The molecular formula is C28H20ClN7O2. The fourth-order valence-corrected chi connectivity index (χ4v) is 5.09. The van der Waals surface area contributed by atoms with Crippen LogP contribution in [-0.2, 0) is 0 Å². The van der Waals surface area contributed by atoms with Crippen LogP contribution in [0.5, 0.6) is 17.5 Å². The number of ether oxygens (including phenoxy) is 2. The van der Waals surface area contributed by atoms with Crippen molar-refractivity contribution >= 4 is 17.2 Å². The topological polar surface area (TPSA) is 92.2 Å². The number of nitrogens with zero attached hydrogens (tertiary/aromatic N) is 7. The summed E-state index contributed by atoms with van der Waals surface area (Å²) in [5, 5.41) is 10.2. The number of aryl methyl sites for hydroxylation is 1. The Morgan fingerprint density at radius 2 is 1.82 bits per heavy atom. The summed E-state index contributed by atoms with van der Waals surface area (Å²) < 4.78 is 15.7. The van der Waals surface area contributed by atoms with Gasteiger partial charge in [-0.15, -0.1) is 5.10 Å². The molecule has 186 valence electrons. The van der Waals surface area contributed by atoms with Crippen LogP contribution in [0.15, 0.2) is 79.4 Å². The first-order valence-corrected chi connectivity index (χ1v) is 12.3. The molecule has 2 aromatic carbocycles. The third kappa shape index (κ3) is 3.43. The van der Waals surface area contributed by atoms with Gasteiger partial charge in [0.05, 0.1) is 35.5 Å². The monoisotopic (exact) mass is 521 g/mol. The first-order valence-electron chi connectivity index (χ1n) is 11.9. The highest BCUT2D eigenvalue weighted by molar-refractivity contribution is 6.30. The number of benzene rings is 2. The summed E-state index contributed by atoms with van der Waals surface area (Å²) in [6, 6.07) is 19.2. The van der Waals surface area contributed by atoms with Crippen molar-refractivity contribution < 1.29 is 9.47 Å². The molecule has 38 heavy (non-hydrogen) atoms. The highest BCUT2D eigenvalue weighted by atomic mass is 35.5. The minimum absolute atomic E-state index is 0.326. The van der Waals surface area contributed by atoms with Crippen LogP contribution in [0.3, 0.4) is 0 Å². The van der Waals surface area contributed by atoms with E-state index in [0.29, 0.717) is 28.3 Å². The van der Waals surface area contributed by atoms with E-state index in [1.165, 1.54) is 0 Å². The van der Waals surface area contributed by atoms with Crippen LogP contribution in [0.2, 0.25) is 5.02 Å². The molecule has 0 aliphatic carbocycles. The van der Waals surface area contributed by atoms with Gasteiger partial charge in [-0.25, -0.2) is 19.2 Å². The smallest absolute Gasteiger partial charge is 0.230 e. The van der Waals surface area contributed by atoms with E-state index >= 15 is 0 Å². The molecule has 1 unspecified atom stereocenters. The number of pyridine rings is 1. The third-order valence-electron chi connectivity index (χ3n) is 6.66.